The van der Waals surface area contributed by atoms with Gasteiger partial charge < -0.3 is 10.2 Å². The summed E-state index contributed by atoms with van der Waals surface area (Å²) < 4.78 is 0. The zero-order valence-electron chi connectivity index (χ0n) is 11.0. The Morgan fingerprint density at radius 2 is 2.11 bits per heavy atom. The molecule has 0 saturated heterocycles. The van der Waals surface area contributed by atoms with Crippen LogP contribution in [-0.4, -0.2) is 31.1 Å². The molecule has 0 bridgehead atoms. The molecule has 1 aliphatic rings. The number of nitrogens with zero attached hydrogens (tertiary/aromatic N) is 2. The van der Waals surface area contributed by atoms with Crippen molar-refractivity contribution in [1.82, 2.24) is 10.2 Å². The highest BCUT2D eigenvalue weighted by molar-refractivity contribution is 5.19. The zero-order chi connectivity index (χ0) is 12.8. The maximum absolute atomic E-state index is 8.90. The Kier molecular flexibility index (Phi) is 4.74. The number of rotatable bonds is 7. The minimum Gasteiger partial charge on any atom is -0.308 e. The van der Waals surface area contributed by atoms with Gasteiger partial charge in [0.1, 0.15) is 0 Å². The first-order chi connectivity index (χ1) is 8.81. The molecule has 1 aliphatic carbocycles. The second kappa shape index (κ2) is 6.53. The monoisotopic (exact) mass is 243 g/mol. The standard InChI is InChI=1S/C15H21N3/c1-18(14-7-8-14)12-11-17-15(9-10-16)13-5-3-2-4-6-13/h2-6,14-15,17H,7-9,11-12H2,1H3. The third-order valence-electron chi connectivity index (χ3n) is 3.52. The van der Waals surface area contributed by atoms with Crippen molar-refractivity contribution < 1.29 is 0 Å². The quantitative estimate of drug-likeness (QED) is 0.799. The van der Waals surface area contributed by atoms with Crippen molar-refractivity contribution in [2.75, 3.05) is 20.1 Å². The molecule has 0 amide bonds. The summed E-state index contributed by atoms with van der Waals surface area (Å²) in [6.45, 7) is 1.99. The van der Waals surface area contributed by atoms with Gasteiger partial charge >= 0.3 is 0 Å². The van der Waals surface area contributed by atoms with Gasteiger partial charge in [-0.05, 0) is 25.5 Å². The molecule has 1 fully saturated rings. The Labute approximate surface area is 109 Å². The van der Waals surface area contributed by atoms with Crippen molar-refractivity contribution in [3.63, 3.8) is 0 Å². The fourth-order valence-corrected chi connectivity index (χ4v) is 2.20. The largest absolute Gasteiger partial charge is 0.308 e. The molecule has 1 N–H and O–H groups in total. The summed E-state index contributed by atoms with van der Waals surface area (Å²) in [5, 5.41) is 12.4. The molecule has 1 unspecified atom stereocenters. The van der Waals surface area contributed by atoms with Crippen LogP contribution in [0.5, 0.6) is 0 Å². The van der Waals surface area contributed by atoms with Crippen LogP contribution in [0.2, 0.25) is 0 Å². The van der Waals surface area contributed by atoms with Crippen LogP contribution in [0.25, 0.3) is 0 Å². The highest BCUT2D eigenvalue weighted by Gasteiger charge is 2.25. The van der Waals surface area contributed by atoms with Gasteiger partial charge in [0.15, 0.2) is 0 Å². The fraction of sp³-hybridized carbons (Fsp3) is 0.533. The van der Waals surface area contributed by atoms with Crippen LogP contribution in [0.3, 0.4) is 0 Å². The number of likely N-dealkylation sites (N-methyl/N-ethyl adjacent to an activating group) is 1. The molecule has 0 aliphatic heterocycles. The van der Waals surface area contributed by atoms with Gasteiger partial charge in [-0.15, -0.1) is 0 Å². The molecule has 0 radical (unpaired) electrons. The maximum Gasteiger partial charge on any atom is 0.0641 e. The van der Waals surface area contributed by atoms with E-state index in [1.165, 1.54) is 18.4 Å². The average molecular weight is 243 g/mol. The molecule has 1 saturated carbocycles. The van der Waals surface area contributed by atoms with E-state index in [2.05, 4.69) is 35.5 Å². The molecule has 0 heterocycles. The Bertz CT molecular complexity index is 392. The summed E-state index contributed by atoms with van der Waals surface area (Å²) in [7, 11) is 2.18. The number of nitriles is 1. The summed E-state index contributed by atoms with van der Waals surface area (Å²) >= 11 is 0. The first kappa shape index (κ1) is 13.1. The van der Waals surface area contributed by atoms with Gasteiger partial charge in [0.05, 0.1) is 12.5 Å². The van der Waals surface area contributed by atoms with Crippen molar-refractivity contribution in [2.24, 2.45) is 0 Å². The van der Waals surface area contributed by atoms with E-state index < -0.39 is 0 Å². The Morgan fingerprint density at radius 3 is 2.72 bits per heavy atom. The third kappa shape index (κ3) is 3.83. The fourth-order valence-electron chi connectivity index (χ4n) is 2.20. The summed E-state index contributed by atoms with van der Waals surface area (Å²) in [6, 6.07) is 13.4. The van der Waals surface area contributed by atoms with Crippen LogP contribution < -0.4 is 5.32 Å². The van der Waals surface area contributed by atoms with E-state index in [1.807, 2.05) is 18.2 Å². The van der Waals surface area contributed by atoms with E-state index in [0.29, 0.717) is 6.42 Å². The first-order valence-electron chi connectivity index (χ1n) is 6.67. The van der Waals surface area contributed by atoms with E-state index in [4.69, 9.17) is 5.26 Å². The van der Waals surface area contributed by atoms with Crippen molar-refractivity contribution in [3.05, 3.63) is 35.9 Å². The van der Waals surface area contributed by atoms with Crippen LogP contribution in [0, 0.1) is 11.3 Å². The smallest absolute Gasteiger partial charge is 0.0641 e. The van der Waals surface area contributed by atoms with E-state index >= 15 is 0 Å². The highest BCUT2D eigenvalue weighted by atomic mass is 15.2. The van der Waals surface area contributed by atoms with Crippen molar-refractivity contribution in [3.8, 4) is 6.07 Å². The second-order valence-corrected chi connectivity index (χ2v) is 4.99. The molecule has 96 valence electrons. The lowest BCUT2D eigenvalue weighted by atomic mass is 10.0. The van der Waals surface area contributed by atoms with Crippen LogP contribution in [-0.2, 0) is 0 Å². The number of nitrogens with one attached hydrogen (secondary N) is 1. The molecule has 3 heteroatoms. The second-order valence-electron chi connectivity index (χ2n) is 4.99. The number of hydrogen-bond donors (Lipinski definition) is 1. The van der Waals surface area contributed by atoms with Gasteiger partial charge in [-0.25, -0.2) is 0 Å². The summed E-state index contributed by atoms with van der Waals surface area (Å²) in [6.07, 6.45) is 3.21. The first-order valence-corrected chi connectivity index (χ1v) is 6.67. The summed E-state index contributed by atoms with van der Waals surface area (Å²) in [4.78, 5) is 2.40. The van der Waals surface area contributed by atoms with E-state index in [-0.39, 0.29) is 6.04 Å². The minimum atomic E-state index is 0.156. The predicted octanol–water partition coefficient (Wildman–Crippen LogP) is 2.33. The van der Waals surface area contributed by atoms with Crippen molar-refractivity contribution in [1.29, 1.82) is 5.26 Å². The molecular formula is C15H21N3. The van der Waals surface area contributed by atoms with E-state index in [9.17, 15) is 0 Å². The Balaban J connectivity index is 1.81. The third-order valence-corrected chi connectivity index (χ3v) is 3.52. The molecule has 2 rings (SSSR count). The maximum atomic E-state index is 8.90. The molecule has 1 aromatic carbocycles. The van der Waals surface area contributed by atoms with Crippen LogP contribution in [0.4, 0.5) is 0 Å². The molecule has 3 nitrogen and oxygen atoms in total. The van der Waals surface area contributed by atoms with Gasteiger partial charge in [0.25, 0.3) is 0 Å². The molecule has 0 spiro atoms. The van der Waals surface area contributed by atoms with Gasteiger partial charge in [0, 0.05) is 25.2 Å². The van der Waals surface area contributed by atoms with Crippen LogP contribution in [0.1, 0.15) is 30.9 Å². The van der Waals surface area contributed by atoms with E-state index in [0.717, 1.165) is 19.1 Å². The summed E-state index contributed by atoms with van der Waals surface area (Å²) in [5.74, 6) is 0. The topological polar surface area (TPSA) is 39.1 Å². The molecule has 1 atom stereocenters. The molecular weight excluding hydrogens is 222 g/mol. The highest BCUT2D eigenvalue weighted by Crippen LogP contribution is 2.24. The lowest BCUT2D eigenvalue weighted by molar-refractivity contribution is 0.315. The van der Waals surface area contributed by atoms with Gasteiger partial charge in [-0.2, -0.15) is 5.26 Å². The Hall–Kier alpha value is -1.37. The van der Waals surface area contributed by atoms with Gasteiger partial charge in [0.2, 0.25) is 0 Å². The Morgan fingerprint density at radius 1 is 1.39 bits per heavy atom. The van der Waals surface area contributed by atoms with E-state index in [1.54, 1.807) is 0 Å². The average Bonchev–Trinajstić information content (AvgIpc) is 3.23. The van der Waals surface area contributed by atoms with Crippen LogP contribution in [0.15, 0.2) is 30.3 Å². The molecule has 0 aromatic heterocycles. The lowest BCUT2D eigenvalue weighted by Gasteiger charge is -2.20. The van der Waals surface area contributed by atoms with Crippen LogP contribution >= 0.6 is 0 Å². The molecule has 1 aromatic rings. The summed E-state index contributed by atoms with van der Waals surface area (Å²) in [5.41, 5.74) is 1.20. The van der Waals surface area contributed by atoms with Gasteiger partial charge in [-0.3, -0.25) is 0 Å². The predicted molar refractivity (Wildman–Crippen MR) is 73.1 cm³/mol. The molecule has 18 heavy (non-hydrogen) atoms. The lowest BCUT2D eigenvalue weighted by Crippen LogP contribution is -2.32. The number of hydrogen-bond acceptors (Lipinski definition) is 3. The van der Waals surface area contributed by atoms with Crippen molar-refractivity contribution in [2.45, 2.75) is 31.3 Å². The zero-order valence-corrected chi connectivity index (χ0v) is 11.0. The number of benzene rings is 1. The normalized spacial score (nSPS) is 16.5. The van der Waals surface area contributed by atoms with Crippen molar-refractivity contribution >= 4 is 0 Å². The minimum absolute atomic E-state index is 0.156. The SMILES string of the molecule is CN(CCNC(CC#N)c1ccccc1)C1CC1. The van der Waals surface area contributed by atoms with Gasteiger partial charge in [-0.1, -0.05) is 30.3 Å².